The van der Waals surface area contributed by atoms with E-state index in [2.05, 4.69) is 34.5 Å². The van der Waals surface area contributed by atoms with Crippen LogP contribution in [0, 0.1) is 0 Å². The second-order valence-corrected chi connectivity index (χ2v) is 8.84. The van der Waals surface area contributed by atoms with Crippen molar-refractivity contribution in [2.75, 3.05) is 26.3 Å². The van der Waals surface area contributed by atoms with E-state index in [1.165, 1.54) is 11.1 Å². The summed E-state index contributed by atoms with van der Waals surface area (Å²) in [6, 6.07) is 20.7. The lowest BCUT2D eigenvalue weighted by molar-refractivity contribution is -0.158. The standard InChI is InChI=1S/C26H34N2O4/c29-22-17-28(16-21-9-5-2-6-10-21)24-12-11-23(32-25(24)19-31-18-22)15-26(30)27-14-13-20-7-3-1-4-8-20/h1-10,22-25,29H,11-19H2,(H,27,30)/t22-,23-,24-,25+/m0/s1. The van der Waals surface area contributed by atoms with Crippen LogP contribution in [0.25, 0.3) is 0 Å². The highest BCUT2D eigenvalue weighted by molar-refractivity contribution is 5.76. The highest BCUT2D eigenvalue weighted by atomic mass is 16.5. The second kappa shape index (κ2) is 11.6. The van der Waals surface area contributed by atoms with Gasteiger partial charge < -0.3 is 19.9 Å². The fraction of sp³-hybridized carbons (Fsp3) is 0.500. The predicted octanol–water partition coefficient (Wildman–Crippen LogP) is 2.54. The molecule has 2 aromatic carbocycles. The van der Waals surface area contributed by atoms with E-state index in [1.807, 2.05) is 36.4 Å². The minimum atomic E-state index is -0.507. The molecule has 2 heterocycles. The summed E-state index contributed by atoms with van der Waals surface area (Å²) in [6.45, 7) is 2.71. The van der Waals surface area contributed by atoms with E-state index in [9.17, 15) is 9.90 Å². The molecule has 6 heteroatoms. The van der Waals surface area contributed by atoms with E-state index >= 15 is 0 Å². The monoisotopic (exact) mass is 438 g/mol. The van der Waals surface area contributed by atoms with E-state index in [4.69, 9.17) is 9.47 Å². The maximum atomic E-state index is 12.5. The Morgan fingerprint density at radius 1 is 1.00 bits per heavy atom. The minimum Gasteiger partial charge on any atom is -0.389 e. The summed E-state index contributed by atoms with van der Waals surface area (Å²) >= 11 is 0. The van der Waals surface area contributed by atoms with Gasteiger partial charge in [0.05, 0.1) is 37.9 Å². The molecule has 0 spiro atoms. The van der Waals surface area contributed by atoms with E-state index in [-0.39, 0.29) is 24.2 Å². The first-order valence-electron chi connectivity index (χ1n) is 11.7. The molecule has 6 nitrogen and oxygen atoms in total. The highest BCUT2D eigenvalue weighted by Crippen LogP contribution is 2.28. The Bertz CT molecular complexity index is 832. The number of aliphatic hydroxyl groups excluding tert-OH is 1. The van der Waals surface area contributed by atoms with Gasteiger partial charge in [-0.3, -0.25) is 9.69 Å². The van der Waals surface area contributed by atoms with Crippen LogP contribution in [-0.2, 0) is 27.2 Å². The van der Waals surface area contributed by atoms with E-state index < -0.39 is 6.10 Å². The average Bonchev–Trinajstić information content (AvgIpc) is 2.79. The number of ether oxygens (including phenoxy) is 2. The number of benzene rings is 2. The maximum absolute atomic E-state index is 12.5. The minimum absolute atomic E-state index is 0.0349. The van der Waals surface area contributed by atoms with Crippen LogP contribution in [0.1, 0.15) is 30.4 Å². The lowest BCUT2D eigenvalue weighted by Crippen LogP contribution is -2.55. The molecule has 0 aliphatic carbocycles. The first kappa shape index (κ1) is 22.9. The predicted molar refractivity (Wildman–Crippen MR) is 123 cm³/mol. The van der Waals surface area contributed by atoms with Crippen LogP contribution in [0.3, 0.4) is 0 Å². The van der Waals surface area contributed by atoms with Gasteiger partial charge >= 0.3 is 0 Å². The summed E-state index contributed by atoms with van der Waals surface area (Å²) in [7, 11) is 0. The number of fused-ring (bicyclic) bond motifs is 1. The number of hydrogen-bond acceptors (Lipinski definition) is 5. The van der Waals surface area contributed by atoms with Crippen molar-refractivity contribution in [3.8, 4) is 0 Å². The van der Waals surface area contributed by atoms with Crippen molar-refractivity contribution in [2.45, 2.75) is 56.6 Å². The molecule has 0 radical (unpaired) electrons. The SMILES string of the molecule is O=C(C[C@@H]1CC[C@H]2[C@@H](COC[C@@H](O)CN2Cc2ccccc2)O1)NCCc1ccccc1. The van der Waals surface area contributed by atoms with E-state index in [1.54, 1.807) is 0 Å². The average molecular weight is 439 g/mol. The zero-order valence-corrected chi connectivity index (χ0v) is 18.6. The van der Waals surface area contributed by atoms with Crippen LogP contribution < -0.4 is 5.32 Å². The Labute approximate surface area is 190 Å². The van der Waals surface area contributed by atoms with Crippen LogP contribution >= 0.6 is 0 Å². The van der Waals surface area contributed by atoms with Crippen molar-refractivity contribution in [2.24, 2.45) is 0 Å². The first-order chi connectivity index (χ1) is 15.7. The third-order valence-corrected chi connectivity index (χ3v) is 6.31. The molecule has 0 unspecified atom stereocenters. The molecule has 1 amide bonds. The van der Waals surface area contributed by atoms with Gasteiger partial charge in [-0.15, -0.1) is 0 Å². The third-order valence-electron chi connectivity index (χ3n) is 6.31. The van der Waals surface area contributed by atoms with E-state index in [0.717, 1.165) is 25.8 Å². The molecule has 0 aromatic heterocycles. The fourth-order valence-electron chi connectivity index (χ4n) is 4.72. The number of carbonyl (C=O) groups excluding carboxylic acids is 1. The highest BCUT2D eigenvalue weighted by Gasteiger charge is 2.37. The molecule has 2 N–H and O–H groups in total. The Morgan fingerprint density at radius 2 is 1.72 bits per heavy atom. The summed E-state index contributed by atoms with van der Waals surface area (Å²) in [5.41, 5.74) is 2.44. The van der Waals surface area contributed by atoms with Gasteiger partial charge in [-0.05, 0) is 30.4 Å². The topological polar surface area (TPSA) is 71.0 Å². The summed E-state index contributed by atoms with van der Waals surface area (Å²) in [6.07, 6.45) is 2.26. The van der Waals surface area contributed by atoms with Crippen molar-refractivity contribution in [3.63, 3.8) is 0 Å². The first-order valence-corrected chi connectivity index (χ1v) is 11.7. The summed E-state index contributed by atoms with van der Waals surface area (Å²) in [4.78, 5) is 14.8. The molecular formula is C26H34N2O4. The number of nitrogens with zero attached hydrogens (tertiary/aromatic N) is 1. The molecule has 4 atom stereocenters. The zero-order valence-electron chi connectivity index (χ0n) is 18.6. The molecule has 2 saturated heterocycles. The molecule has 32 heavy (non-hydrogen) atoms. The Kier molecular flexibility index (Phi) is 8.29. The maximum Gasteiger partial charge on any atom is 0.222 e. The Balaban J connectivity index is 1.30. The number of carbonyl (C=O) groups is 1. The second-order valence-electron chi connectivity index (χ2n) is 8.84. The van der Waals surface area contributed by atoms with Gasteiger partial charge in [-0.25, -0.2) is 0 Å². The number of hydrogen-bond donors (Lipinski definition) is 2. The lowest BCUT2D eigenvalue weighted by Gasteiger charge is -2.44. The quantitative estimate of drug-likeness (QED) is 0.695. The number of β-amino-alcohol motifs (C(OH)–C–C–N with tert-alkyl or cyclic N) is 1. The summed E-state index contributed by atoms with van der Waals surface area (Å²) in [5, 5.41) is 13.4. The Hall–Kier alpha value is -2.25. The fourth-order valence-corrected chi connectivity index (χ4v) is 4.72. The molecule has 2 aliphatic rings. The molecule has 0 bridgehead atoms. The molecule has 2 aromatic rings. The number of amides is 1. The van der Waals surface area contributed by atoms with Crippen LogP contribution in [0.4, 0.5) is 0 Å². The van der Waals surface area contributed by atoms with Crippen molar-refractivity contribution in [1.29, 1.82) is 0 Å². The molecule has 172 valence electrons. The molecule has 0 saturated carbocycles. The van der Waals surface area contributed by atoms with Crippen molar-refractivity contribution in [3.05, 3.63) is 71.8 Å². The van der Waals surface area contributed by atoms with Crippen LogP contribution in [0.5, 0.6) is 0 Å². The van der Waals surface area contributed by atoms with Gasteiger partial charge in [0.25, 0.3) is 0 Å². The summed E-state index contributed by atoms with van der Waals surface area (Å²) in [5.74, 6) is 0.0349. The van der Waals surface area contributed by atoms with Crippen molar-refractivity contribution < 1.29 is 19.4 Å². The van der Waals surface area contributed by atoms with Gasteiger partial charge in [0.2, 0.25) is 5.91 Å². The molecular weight excluding hydrogens is 404 g/mol. The van der Waals surface area contributed by atoms with Gasteiger partial charge in [0.15, 0.2) is 0 Å². The van der Waals surface area contributed by atoms with Crippen LogP contribution in [-0.4, -0.2) is 66.6 Å². The smallest absolute Gasteiger partial charge is 0.222 e. The number of rotatable bonds is 7. The lowest BCUT2D eigenvalue weighted by atomic mass is 9.94. The normalized spacial score (nSPS) is 26.5. The molecule has 2 aliphatic heterocycles. The van der Waals surface area contributed by atoms with Gasteiger partial charge in [-0.2, -0.15) is 0 Å². The van der Waals surface area contributed by atoms with Gasteiger partial charge in [0, 0.05) is 25.7 Å². The largest absolute Gasteiger partial charge is 0.389 e. The number of nitrogens with one attached hydrogen (secondary N) is 1. The van der Waals surface area contributed by atoms with Crippen LogP contribution in [0.15, 0.2) is 60.7 Å². The van der Waals surface area contributed by atoms with Crippen LogP contribution in [0.2, 0.25) is 0 Å². The van der Waals surface area contributed by atoms with Crippen molar-refractivity contribution in [1.82, 2.24) is 10.2 Å². The third kappa shape index (κ3) is 6.62. The summed E-state index contributed by atoms with van der Waals surface area (Å²) < 4.78 is 12.1. The van der Waals surface area contributed by atoms with Crippen molar-refractivity contribution >= 4 is 5.91 Å². The van der Waals surface area contributed by atoms with E-state index in [0.29, 0.717) is 32.7 Å². The zero-order chi connectivity index (χ0) is 22.2. The van der Waals surface area contributed by atoms with Gasteiger partial charge in [-0.1, -0.05) is 60.7 Å². The molecule has 2 fully saturated rings. The molecule has 4 rings (SSSR count). The Morgan fingerprint density at radius 3 is 2.47 bits per heavy atom. The van der Waals surface area contributed by atoms with Gasteiger partial charge in [0.1, 0.15) is 0 Å². The number of aliphatic hydroxyl groups is 1.